The van der Waals surface area contributed by atoms with Crippen LogP contribution in [-0.2, 0) is 4.74 Å². The predicted molar refractivity (Wildman–Crippen MR) is 111 cm³/mol. The molecule has 3 N–H and O–H groups in total. The van der Waals surface area contributed by atoms with Gasteiger partial charge in [-0.3, -0.25) is 25.8 Å². The zero-order chi connectivity index (χ0) is 20.4. The number of thiocarbonyl (C=S) groups is 1. The van der Waals surface area contributed by atoms with Gasteiger partial charge in [0.1, 0.15) is 12.4 Å². The first-order valence-corrected chi connectivity index (χ1v) is 9.26. The molecule has 0 radical (unpaired) electrons. The summed E-state index contributed by atoms with van der Waals surface area (Å²) in [6.07, 6.45) is 0. The van der Waals surface area contributed by atoms with E-state index in [0.29, 0.717) is 41.7 Å². The summed E-state index contributed by atoms with van der Waals surface area (Å²) in [6, 6.07) is 13.1. The van der Waals surface area contributed by atoms with E-state index < -0.39 is 11.8 Å². The fraction of sp³-hybridized carbons (Fsp3) is 0.211. The summed E-state index contributed by atoms with van der Waals surface area (Å²) >= 11 is 10.8. The molecule has 2 amide bonds. The largest absolute Gasteiger partial charge is 0.490 e. The third kappa shape index (κ3) is 6.80. The van der Waals surface area contributed by atoms with Gasteiger partial charge in [-0.05, 0) is 55.5 Å². The number of carbonyl (C=O) groups excluding carboxylic acids is 2. The molecule has 0 aliphatic carbocycles. The average molecular weight is 422 g/mol. The Bertz CT molecular complexity index is 830. The quantitative estimate of drug-likeness (QED) is 0.362. The molecule has 0 bridgehead atoms. The monoisotopic (exact) mass is 421 g/mol. The zero-order valence-corrected chi connectivity index (χ0v) is 16.7. The van der Waals surface area contributed by atoms with Crippen LogP contribution in [0, 0.1) is 0 Å². The number of para-hydroxylation sites is 1. The second kappa shape index (κ2) is 11.2. The number of hydrogen-bond donors (Lipinski definition) is 3. The number of hydrogen-bond acceptors (Lipinski definition) is 5. The molecular formula is C19H20ClN3O4S. The van der Waals surface area contributed by atoms with Crippen molar-refractivity contribution in [3.8, 4) is 5.75 Å². The Hall–Kier alpha value is -2.68. The number of benzene rings is 2. The van der Waals surface area contributed by atoms with Crippen molar-refractivity contribution in [3.63, 3.8) is 0 Å². The Kier molecular flexibility index (Phi) is 8.67. The van der Waals surface area contributed by atoms with Gasteiger partial charge in [0.05, 0.1) is 12.2 Å². The van der Waals surface area contributed by atoms with Crippen LogP contribution in [0.5, 0.6) is 5.75 Å². The van der Waals surface area contributed by atoms with Gasteiger partial charge in [-0.25, -0.2) is 0 Å². The molecule has 2 aromatic carbocycles. The second-order valence-electron chi connectivity index (χ2n) is 5.41. The molecule has 0 unspecified atom stereocenters. The van der Waals surface area contributed by atoms with Crippen molar-refractivity contribution in [2.75, 3.05) is 19.8 Å². The van der Waals surface area contributed by atoms with E-state index in [4.69, 9.17) is 33.3 Å². The number of hydrazine groups is 1. The lowest BCUT2D eigenvalue weighted by atomic mass is 10.2. The van der Waals surface area contributed by atoms with Gasteiger partial charge in [0.2, 0.25) is 0 Å². The van der Waals surface area contributed by atoms with Crippen LogP contribution >= 0.6 is 23.8 Å². The number of amides is 2. The van der Waals surface area contributed by atoms with E-state index in [2.05, 4.69) is 16.2 Å². The number of rotatable bonds is 7. The summed E-state index contributed by atoms with van der Waals surface area (Å²) in [7, 11) is 0. The highest BCUT2D eigenvalue weighted by atomic mass is 35.5. The van der Waals surface area contributed by atoms with Gasteiger partial charge in [-0.15, -0.1) is 0 Å². The third-order valence-corrected chi connectivity index (χ3v) is 3.90. The Balaban J connectivity index is 1.87. The molecule has 7 nitrogen and oxygen atoms in total. The summed E-state index contributed by atoms with van der Waals surface area (Å²) in [6.45, 7) is 3.22. The normalized spacial score (nSPS) is 10.1. The molecule has 0 heterocycles. The van der Waals surface area contributed by atoms with Gasteiger partial charge in [-0.2, -0.15) is 0 Å². The molecule has 0 atom stereocenters. The maximum atomic E-state index is 12.4. The van der Waals surface area contributed by atoms with E-state index in [1.54, 1.807) is 48.5 Å². The summed E-state index contributed by atoms with van der Waals surface area (Å²) in [5, 5.41) is 2.95. The fourth-order valence-electron chi connectivity index (χ4n) is 2.12. The van der Waals surface area contributed by atoms with Crippen LogP contribution < -0.4 is 20.9 Å². The molecule has 0 aromatic heterocycles. The lowest BCUT2D eigenvalue weighted by Crippen LogP contribution is -2.48. The Morgan fingerprint density at radius 1 is 1.00 bits per heavy atom. The van der Waals surface area contributed by atoms with Gasteiger partial charge in [0.15, 0.2) is 5.11 Å². The van der Waals surface area contributed by atoms with E-state index in [1.807, 2.05) is 6.92 Å². The van der Waals surface area contributed by atoms with E-state index >= 15 is 0 Å². The lowest BCUT2D eigenvalue weighted by Gasteiger charge is -2.13. The molecule has 0 aliphatic heterocycles. The van der Waals surface area contributed by atoms with Crippen LogP contribution in [0.25, 0.3) is 0 Å². The number of nitrogens with one attached hydrogen (secondary N) is 3. The van der Waals surface area contributed by atoms with Crippen molar-refractivity contribution >= 4 is 40.7 Å². The molecule has 0 fully saturated rings. The average Bonchev–Trinajstić information content (AvgIpc) is 2.70. The topological polar surface area (TPSA) is 88.7 Å². The summed E-state index contributed by atoms with van der Waals surface area (Å²) in [4.78, 5) is 24.5. The summed E-state index contributed by atoms with van der Waals surface area (Å²) in [5.41, 5.74) is 5.58. The first-order valence-electron chi connectivity index (χ1n) is 8.48. The van der Waals surface area contributed by atoms with Crippen LogP contribution in [0.2, 0.25) is 5.02 Å². The summed E-state index contributed by atoms with van der Waals surface area (Å²) in [5.74, 6) is -0.481. The molecule has 0 saturated heterocycles. The van der Waals surface area contributed by atoms with Gasteiger partial charge >= 0.3 is 0 Å². The predicted octanol–water partition coefficient (Wildman–Crippen LogP) is 2.70. The maximum absolute atomic E-state index is 12.4. The molecule has 9 heteroatoms. The molecule has 0 spiro atoms. The highest BCUT2D eigenvalue weighted by Crippen LogP contribution is 2.17. The zero-order valence-electron chi connectivity index (χ0n) is 15.2. The lowest BCUT2D eigenvalue weighted by molar-refractivity contribution is 0.0931. The number of halogens is 1. The number of carbonyl (C=O) groups is 2. The molecule has 148 valence electrons. The highest BCUT2D eigenvalue weighted by molar-refractivity contribution is 7.80. The van der Waals surface area contributed by atoms with Crippen molar-refractivity contribution in [1.82, 2.24) is 16.2 Å². The highest BCUT2D eigenvalue weighted by Gasteiger charge is 2.14. The molecular weight excluding hydrogens is 402 g/mol. The minimum atomic E-state index is -0.467. The van der Waals surface area contributed by atoms with Crippen LogP contribution in [0.4, 0.5) is 0 Å². The minimum Gasteiger partial charge on any atom is -0.490 e. The molecule has 28 heavy (non-hydrogen) atoms. The van der Waals surface area contributed by atoms with Crippen molar-refractivity contribution in [1.29, 1.82) is 0 Å². The van der Waals surface area contributed by atoms with Crippen molar-refractivity contribution < 1.29 is 19.1 Å². The van der Waals surface area contributed by atoms with Crippen molar-refractivity contribution in [3.05, 3.63) is 64.7 Å². The molecule has 2 aromatic rings. The fourth-order valence-corrected chi connectivity index (χ4v) is 2.39. The summed E-state index contributed by atoms with van der Waals surface area (Å²) < 4.78 is 10.8. The van der Waals surface area contributed by atoms with Crippen molar-refractivity contribution in [2.24, 2.45) is 0 Å². The van der Waals surface area contributed by atoms with E-state index in [9.17, 15) is 9.59 Å². The Morgan fingerprint density at radius 2 is 1.71 bits per heavy atom. The smallest absolute Gasteiger partial charge is 0.269 e. The molecule has 0 saturated carbocycles. The number of ether oxygens (including phenoxy) is 2. The van der Waals surface area contributed by atoms with Crippen LogP contribution in [0.15, 0.2) is 48.5 Å². The molecule has 2 rings (SSSR count). The first kappa shape index (κ1) is 21.6. The third-order valence-electron chi connectivity index (χ3n) is 3.44. The van der Waals surface area contributed by atoms with Gasteiger partial charge in [0.25, 0.3) is 11.8 Å². The Labute approximate surface area is 173 Å². The standard InChI is InChI=1S/C19H20ClN3O4S/c1-2-26-11-12-27-16-6-4-3-5-15(16)18(25)21-19(28)23-22-17(24)13-7-9-14(20)10-8-13/h3-10H,2,11-12H2,1H3,(H,22,24)(H2,21,23,25,28). The SMILES string of the molecule is CCOCCOc1ccccc1C(=O)NC(=S)NNC(=O)c1ccc(Cl)cc1. The maximum Gasteiger partial charge on any atom is 0.269 e. The minimum absolute atomic E-state index is 0.0589. The van der Waals surface area contributed by atoms with Crippen molar-refractivity contribution in [2.45, 2.75) is 6.92 Å². The first-order chi connectivity index (χ1) is 13.5. The molecule has 0 aliphatic rings. The van der Waals surface area contributed by atoms with E-state index in [0.717, 1.165) is 0 Å². The van der Waals surface area contributed by atoms with Gasteiger partial charge < -0.3 is 9.47 Å². The van der Waals surface area contributed by atoms with Crippen LogP contribution in [-0.4, -0.2) is 36.7 Å². The van der Waals surface area contributed by atoms with Gasteiger partial charge in [-0.1, -0.05) is 23.7 Å². The van der Waals surface area contributed by atoms with E-state index in [-0.39, 0.29) is 5.11 Å². The van der Waals surface area contributed by atoms with E-state index in [1.165, 1.54) is 0 Å². The second-order valence-corrected chi connectivity index (χ2v) is 6.26. The van der Waals surface area contributed by atoms with Crippen LogP contribution in [0.3, 0.4) is 0 Å². The van der Waals surface area contributed by atoms with Crippen LogP contribution in [0.1, 0.15) is 27.6 Å². The Morgan fingerprint density at radius 3 is 2.43 bits per heavy atom. The van der Waals surface area contributed by atoms with Gasteiger partial charge in [0, 0.05) is 17.2 Å².